The highest BCUT2D eigenvalue weighted by Crippen LogP contribution is 2.44. The van der Waals surface area contributed by atoms with Crippen LogP contribution in [-0.4, -0.2) is 36.8 Å². The molecule has 1 heterocycles. The van der Waals surface area contributed by atoms with Crippen LogP contribution in [0.15, 0.2) is 36.4 Å². The van der Waals surface area contributed by atoms with E-state index >= 15 is 0 Å². The number of ether oxygens (including phenoxy) is 1. The number of para-hydroxylation sites is 1. The van der Waals surface area contributed by atoms with Gasteiger partial charge in [0, 0.05) is 25.2 Å². The zero-order chi connectivity index (χ0) is 15.9. The van der Waals surface area contributed by atoms with Crippen LogP contribution in [0.4, 0.5) is 0 Å². The van der Waals surface area contributed by atoms with Gasteiger partial charge in [0.2, 0.25) is 0 Å². The number of hydrogen-bond donors (Lipinski definition) is 1. The third-order valence-electron chi connectivity index (χ3n) is 6.20. The standard InChI is InChI=1S/C20H27NO2/c1-23-19-5-3-2-4-18(19)20(22)8-10-21(11-9-20)14-17-13-15-6-7-16(17)12-15/h2-7,15-17,22H,8-14H2,1H3. The average molecular weight is 313 g/mol. The number of benzene rings is 1. The fourth-order valence-corrected chi connectivity index (χ4v) is 4.84. The SMILES string of the molecule is COc1ccccc1C1(O)CCN(CC2CC3C=CC2C3)CC1. The molecule has 1 saturated carbocycles. The van der Waals surface area contributed by atoms with E-state index in [2.05, 4.69) is 17.1 Å². The van der Waals surface area contributed by atoms with Crippen molar-refractivity contribution in [2.75, 3.05) is 26.7 Å². The second-order valence-corrected chi connectivity index (χ2v) is 7.57. The summed E-state index contributed by atoms with van der Waals surface area (Å²) in [5, 5.41) is 11.1. The van der Waals surface area contributed by atoms with Gasteiger partial charge < -0.3 is 14.7 Å². The molecular formula is C20H27NO2. The van der Waals surface area contributed by atoms with Gasteiger partial charge in [-0.15, -0.1) is 0 Å². The van der Waals surface area contributed by atoms with Crippen LogP contribution in [0.5, 0.6) is 5.75 Å². The minimum absolute atomic E-state index is 0.738. The molecule has 2 bridgehead atoms. The summed E-state index contributed by atoms with van der Waals surface area (Å²) in [6, 6.07) is 7.91. The van der Waals surface area contributed by atoms with E-state index < -0.39 is 5.60 Å². The third kappa shape index (κ3) is 2.81. The first-order valence-corrected chi connectivity index (χ1v) is 8.94. The van der Waals surface area contributed by atoms with Crippen LogP contribution >= 0.6 is 0 Å². The van der Waals surface area contributed by atoms with Crippen molar-refractivity contribution in [3.8, 4) is 5.75 Å². The molecule has 0 amide bonds. The largest absolute Gasteiger partial charge is 0.496 e. The topological polar surface area (TPSA) is 32.7 Å². The Kier molecular flexibility index (Phi) is 3.94. The highest BCUT2D eigenvalue weighted by molar-refractivity contribution is 5.38. The maximum Gasteiger partial charge on any atom is 0.124 e. The van der Waals surface area contributed by atoms with Crippen molar-refractivity contribution < 1.29 is 9.84 Å². The zero-order valence-corrected chi connectivity index (χ0v) is 13.9. The Morgan fingerprint density at radius 2 is 1.96 bits per heavy atom. The van der Waals surface area contributed by atoms with Gasteiger partial charge in [-0.05, 0) is 49.5 Å². The van der Waals surface area contributed by atoms with Gasteiger partial charge in [0.15, 0.2) is 0 Å². The van der Waals surface area contributed by atoms with Gasteiger partial charge in [0.25, 0.3) is 0 Å². The molecule has 23 heavy (non-hydrogen) atoms. The smallest absolute Gasteiger partial charge is 0.124 e. The zero-order valence-electron chi connectivity index (χ0n) is 13.9. The fourth-order valence-electron chi connectivity index (χ4n) is 4.84. The Bertz CT molecular complexity index is 589. The van der Waals surface area contributed by atoms with Gasteiger partial charge >= 0.3 is 0 Å². The molecule has 0 spiro atoms. The Balaban J connectivity index is 1.39. The van der Waals surface area contributed by atoms with Crippen LogP contribution in [0.1, 0.15) is 31.2 Å². The van der Waals surface area contributed by atoms with Crippen molar-refractivity contribution in [2.24, 2.45) is 17.8 Å². The van der Waals surface area contributed by atoms with Crippen LogP contribution in [0.2, 0.25) is 0 Å². The van der Waals surface area contributed by atoms with Crippen LogP contribution in [0.3, 0.4) is 0 Å². The Morgan fingerprint density at radius 3 is 2.61 bits per heavy atom. The molecule has 124 valence electrons. The van der Waals surface area contributed by atoms with Crippen molar-refractivity contribution in [1.82, 2.24) is 4.90 Å². The van der Waals surface area contributed by atoms with Gasteiger partial charge in [-0.2, -0.15) is 0 Å². The lowest BCUT2D eigenvalue weighted by molar-refractivity contribution is -0.0309. The number of rotatable bonds is 4. The number of hydrogen-bond acceptors (Lipinski definition) is 3. The minimum Gasteiger partial charge on any atom is -0.496 e. The number of fused-ring (bicyclic) bond motifs is 2. The quantitative estimate of drug-likeness (QED) is 0.867. The number of likely N-dealkylation sites (tertiary alicyclic amines) is 1. The number of nitrogens with zero attached hydrogens (tertiary/aromatic N) is 1. The summed E-state index contributed by atoms with van der Waals surface area (Å²) in [5.74, 6) is 3.31. The van der Waals surface area contributed by atoms with Crippen LogP contribution < -0.4 is 4.74 Å². The van der Waals surface area contributed by atoms with Gasteiger partial charge in [-0.25, -0.2) is 0 Å². The van der Waals surface area contributed by atoms with Gasteiger partial charge in [-0.1, -0.05) is 30.4 Å². The molecule has 1 aromatic rings. The van der Waals surface area contributed by atoms with Crippen LogP contribution in [-0.2, 0) is 5.60 Å². The molecule has 2 fully saturated rings. The van der Waals surface area contributed by atoms with E-state index in [4.69, 9.17) is 4.74 Å². The first-order valence-electron chi connectivity index (χ1n) is 8.94. The molecule has 1 aliphatic heterocycles. The third-order valence-corrected chi connectivity index (χ3v) is 6.20. The Morgan fingerprint density at radius 1 is 1.17 bits per heavy atom. The highest BCUT2D eigenvalue weighted by Gasteiger charge is 2.39. The molecule has 4 rings (SSSR count). The van der Waals surface area contributed by atoms with Crippen molar-refractivity contribution in [2.45, 2.75) is 31.3 Å². The summed E-state index contributed by atoms with van der Waals surface area (Å²) < 4.78 is 5.45. The predicted molar refractivity (Wildman–Crippen MR) is 91.4 cm³/mol. The molecule has 0 aromatic heterocycles. The lowest BCUT2D eigenvalue weighted by Gasteiger charge is -2.40. The van der Waals surface area contributed by atoms with E-state index in [1.807, 2.05) is 24.3 Å². The molecule has 2 aliphatic carbocycles. The second-order valence-electron chi connectivity index (χ2n) is 7.57. The lowest BCUT2D eigenvalue weighted by atomic mass is 9.83. The summed E-state index contributed by atoms with van der Waals surface area (Å²) in [7, 11) is 1.68. The van der Waals surface area contributed by atoms with Gasteiger partial charge in [0.05, 0.1) is 12.7 Å². The van der Waals surface area contributed by atoms with Crippen LogP contribution in [0, 0.1) is 17.8 Å². The monoisotopic (exact) mass is 313 g/mol. The van der Waals surface area contributed by atoms with Crippen molar-refractivity contribution in [3.63, 3.8) is 0 Å². The molecule has 1 N–H and O–H groups in total. The number of allylic oxidation sites excluding steroid dienone is 2. The molecule has 3 atom stereocenters. The first kappa shape index (κ1) is 15.2. The molecule has 3 aliphatic rings. The second kappa shape index (κ2) is 5.95. The molecule has 1 aromatic carbocycles. The summed E-state index contributed by atoms with van der Waals surface area (Å²) in [6.07, 6.45) is 9.19. The van der Waals surface area contributed by atoms with Crippen molar-refractivity contribution in [3.05, 3.63) is 42.0 Å². The predicted octanol–water partition coefficient (Wildman–Crippen LogP) is 3.19. The maximum atomic E-state index is 11.1. The van der Waals surface area contributed by atoms with Crippen LogP contribution in [0.25, 0.3) is 0 Å². The summed E-state index contributed by atoms with van der Waals surface area (Å²) >= 11 is 0. The Labute approximate surface area is 139 Å². The first-order chi connectivity index (χ1) is 11.2. The fraction of sp³-hybridized carbons (Fsp3) is 0.600. The molecule has 0 radical (unpaired) electrons. The van der Waals surface area contributed by atoms with Crippen molar-refractivity contribution in [1.29, 1.82) is 0 Å². The van der Waals surface area contributed by atoms with Gasteiger partial charge in [0.1, 0.15) is 5.75 Å². The molecule has 3 unspecified atom stereocenters. The van der Waals surface area contributed by atoms with E-state index in [0.717, 1.165) is 55.0 Å². The van der Waals surface area contributed by atoms with E-state index in [-0.39, 0.29) is 0 Å². The molecule has 3 nitrogen and oxygen atoms in total. The molecule has 1 saturated heterocycles. The summed E-state index contributed by atoms with van der Waals surface area (Å²) in [5.41, 5.74) is 0.211. The van der Waals surface area contributed by atoms with E-state index in [9.17, 15) is 5.11 Å². The number of methoxy groups -OCH3 is 1. The van der Waals surface area contributed by atoms with E-state index in [1.54, 1.807) is 7.11 Å². The van der Waals surface area contributed by atoms with Gasteiger partial charge in [-0.3, -0.25) is 0 Å². The van der Waals surface area contributed by atoms with E-state index in [1.165, 1.54) is 19.4 Å². The highest BCUT2D eigenvalue weighted by atomic mass is 16.5. The maximum absolute atomic E-state index is 11.1. The minimum atomic E-state index is -0.738. The number of aliphatic hydroxyl groups is 1. The molecular weight excluding hydrogens is 286 g/mol. The van der Waals surface area contributed by atoms with E-state index in [0.29, 0.717) is 0 Å². The average Bonchev–Trinajstić information content (AvgIpc) is 3.20. The Hall–Kier alpha value is -1.32. The summed E-state index contributed by atoms with van der Waals surface area (Å²) in [6.45, 7) is 3.16. The molecule has 3 heteroatoms. The number of piperidine rings is 1. The lowest BCUT2D eigenvalue weighted by Crippen LogP contribution is -2.44. The summed E-state index contributed by atoms with van der Waals surface area (Å²) in [4.78, 5) is 2.56. The van der Waals surface area contributed by atoms with Crippen molar-refractivity contribution >= 4 is 0 Å². The normalized spacial score (nSPS) is 32.3.